The van der Waals surface area contributed by atoms with Crippen LogP contribution in [0.15, 0.2) is 35.1 Å². The van der Waals surface area contributed by atoms with Crippen molar-refractivity contribution in [1.82, 2.24) is 14.8 Å². The maximum atomic E-state index is 13.0. The monoisotopic (exact) mass is 328 g/mol. The van der Waals surface area contributed by atoms with Crippen LogP contribution in [0.25, 0.3) is 10.9 Å². The molecule has 1 aromatic heterocycles. The van der Waals surface area contributed by atoms with Gasteiger partial charge in [0.25, 0.3) is 11.5 Å². The predicted molar refractivity (Wildman–Crippen MR) is 90.7 cm³/mol. The van der Waals surface area contributed by atoms with E-state index in [1.54, 1.807) is 19.2 Å². The lowest BCUT2D eigenvalue weighted by Gasteiger charge is -2.24. The van der Waals surface area contributed by atoms with E-state index in [9.17, 15) is 14.4 Å². The SMILES string of the molecule is CNC(=O)[C@@H]1C[C@@H](N)CN1C(=O)c1cc(=O)n(C)c2ccccc12. The largest absolute Gasteiger partial charge is 0.357 e. The maximum absolute atomic E-state index is 13.0. The smallest absolute Gasteiger partial charge is 0.255 e. The van der Waals surface area contributed by atoms with Crippen LogP contribution in [0.5, 0.6) is 0 Å². The van der Waals surface area contributed by atoms with E-state index in [1.165, 1.54) is 22.6 Å². The number of nitrogens with one attached hydrogen (secondary N) is 1. The molecule has 3 rings (SSSR count). The number of nitrogens with zero attached hydrogens (tertiary/aromatic N) is 2. The van der Waals surface area contributed by atoms with Gasteiger partial charge < -0.3 is 20.5 Å². The third-order valence-electron chi connectivity index (χ3n) is 4.53. The Bertz CT molecular complexity index is 874. The number of likely N-dealkylation sites (N-methyl/N-ethyl adjacent to an activating group) is 1. The molecule has 2 heterocycles. The minimum absolute atomic E-state index is 0.246. The molecule has 1 aliphatic heterocycles. The first-order chi connectivity index (χ1) is 11.4. The summed E-state index contributed by atoms with van der Waals surface area (Å²) < 4.78 is 1.50. The number of benzene rings is 1. The Kier molecular flexibility index (Phi) is 4.11. The van der Waals surface area contributed by atoms with E-state index in [2.05, 4.69) is 5.32 Å². The van der Waals surface area contributed by atoms with Gasteiger partial charge in [0.15, 0.2) is 0 Å². The van der Waals surface area contributed by atoms with Crippen molar-refractivity contribution < 1.29 is 9.59 Å². The Morgan fingerprint density at radius 2 is 2.00 bits per heavy atom. The van der Waals surface area contributed by atoms with Gasteiger partial charge in [0.1, 0.15) is 6.04 Å². The summed E-state index contributed by atoms with van der Waals surface area (Å²) in [5.74, 6) is -0.588. The van der Waals surface area contributed by atoms with Crippen molar-refractivity contribution in [1.29, 1.82) is 0 Å². The summed E-state index contributed by atoms with van der Waals surface area (Å²) in [4.78, 5) is 38.8. The van der Waals surface area contributed by atoms with Crippen LogP contribution < -0.4 is 16.6 Å². The van der Waals surface area contributed by atoms with Crippen molar-refractivity contribution in [2.24, 2.45) is 12.8 Å². The zero-order valence-electron chi connectivity index (χ0n) is 13.7. The number of hydrogen-bond donors (Lipinski definition) is 2. The molecule has 24 heavy (non-hydrogen) atoms. The number of para-hydroxylation sites is 1. The molecule has 0 spiro atoms. The molecule has 2 aromatic rings. The number of fused-ring (bicyclic) bond motifs is 1. The van der Waals surface area contributed by atoms with E-state index in [1.807, 2.05) is 12.1 Å². The molecule has 0 unspecified atom stereocenters. The highest BCUT2D eigenvalue weighted by atomic mass is 16.2. The second-order valence-corrected chi connectivity index (χ2v) is 6.06. The Hall–Kier alpha value is -2.67. The van der Waals surface area contributed by atoms with Crippen LogP contribution in [0, 0.1) is 0 Å². The van der Waals surface area contributed by atoms with Crippen molar-refractivity contribution in [3.63, 3.8) is 0 Å². The van der Waals surface area contributed by atoms with Gasteiger partial charge in [-0.05, 0) is 12.5 Å². The van der Waals surface area contributed by atoms with Gasteiger partial charge in [-0.1, -0.05) is 18.2 Å². The average molecular weight is 328 g/mol. The second kappa shape index (κ2) is 6.09. The van der Waals surface area contributed by atoms with Gasteiger partial charge in [-0.15, -0.1) is 0 Å². The minimum Gasteiger partial charge on any atom is -0.357 e. The van der Waals surface area contributed by atoms with Crippen LogP contribution in [-0.4, -0.2) is 47.0 Å². The molecule has 3 N–H and O–H groups in total. The van der Waals surface area contributed by atoms with E-state index in [4.69, 9.17) is 5.73 Å². The lowest BCUT2D eigenvalue weighted by Crippen LogP contribution is -2.45. The first-order valence-corrected chi connectivity index (χ1v) is 7.81. The van der Waals surface area contributed by atoms with Gasteiger partial charge >= 0.3 is 0 Å². The number of pyridine rings is 1. The first-order valence-electron chi connectivity index (χ1n) is 7.81. The van der Waals surface area contributed by atoms with Gasteiger partial charge in [-0.2, -0.15) is 0 Å². The van der Waals surface area contributed by atoms with Crippen molar-refractivity contribution in [3.8, 4) is 0 Å². The number of likely N-dealkylation sites (tertiary alicyclic amines) is 1. The summed E-state index contributed by atoms with van der Waals surface area (Å²) in [6, 6.07) is 7.68. The molecule has 1 aliphatic rings. The van der Waals surface area contributed by atoms with Gasteiger partial charge in [-0.3, -0.25) is 14.4 Å². The lowest BCUT2D eigenvalue weighted by atomic mass is 10.1. The fraction of sp³-hybridized carbons (Fsp3) is 0.353. The zero-order chi connectivity index (χ0) is 17.4. The van der Waals surface area contributed by atoms with Crippen molar-refractivity contribution in [3.05, 3.63) is 46.2 Å². The molecule has 2 atom stereocenters. The highest BCUT2D eigenvalue weighted by Crippen LogP contribution is 2.23. The molecule has 2 amide bonds. The van der Waals surface area contributed by atoms with E-state index in [-0.39, 0.29) is 23.4 Å². The number of amides is 2. The lowest BCUT2D eigenvalue weighted by molar-refractivity contribution is -0.124. The van der Waals surface area contributed by atoms with Crippen LogP contribution in [0.4, 0.5) is 0 Å². The fourth-order valence-corrected chi connectivity index (χ4v) is 3.25. The number of hydrogen-bond acceptors (Lipinski definition) is 4. The predicted octanol–water partition coefficient (Wildman–Crippen LogP) is -0.174. The summed E-state index contributed by atoms with van der Waals surface area (Å²) in [7, 11) is 3.19. The van der Waals surface area contributed by atoms with Crippen molar-refractivity contribution >= 4 is 22.7 Å². The molecule has 126 valence electrons. The number of rotatable bonds is 2. The maximum Gasteiger partial charge on any atom is 0.255 e. The normalized spacial score (nSPS) is 20.4. The Balaban J connectivity index is 2.10. The number of aryl methyl sites for hydroxylation is 1. The van der Waals surface area contributed by atoms with Crippen LogP contribution in [0.1, 0.15) is 16.8 Å². The molecular weight excluding hydrogens is 308 g/mol. The molecule has 7 nitrogen and oxygen atoms in total. The Morgan fingerprint density at radius 3 is 2.71 bits per heavy atom. The number of carbonyl (C=O) groups excluding carboxylic acids is 2. The molecule has 0 saturated carbocycles. The minimum atomic E-state index is -0.611. The van der Waals surface area contributed by atoms with E-state index >= 15 is 0 Å². The molecule has 0 bridgehead atoms. The Labute approximate surface area is 139 Å². The summed E-state index contributed by atoms with van der Waals surface area (Å²) in [5, 5.41) is 3.25. The number of nitrogens with two attached hydrogens (primary N) is 1. The van der Waals surface area contributed by atoms with Crippen LogP contribution in [0.3, 0.4) is 0 Å². The van der Waals surface area contributed by atoms with Crippen molar-refractivity contribution in [2.45, 2.75) is 18.5 Å². The van der Waals surface area contributed by atoms with E-state index < -0.39 is 6.04 Å². The van der Waals surface area contributed by atoms with Gasteiger partial charge in [0.05, 0.1) is 11.1 Å². The number of carbonyl (C=O) groups is 2. The van der Waals surface area contributed by atoms with Crippen LogP contribution in [-0.2, 0) is 11.8 Å². The molecule has 0 aliphatic carbocycles. The standard InChI is InChI=1S/C17H20N4O3/c1-19-16(23)14-7-10(18)9-21(14)17(24)12-8-15(22)20(2)13-6-4-3-5-11(12)13/h3-6,8,10,14H,7,9,18H2,1-2H3,(H,19,23)/t10-,14+/m1/s1. The fourth-order valence-electron chi connectivity index (χ4n) is 3.25. The summed E-state index contributed by atoms with van der Waals surface area (Å²) in [6.45, 7) is 0.292. The van der Waals surface area contributed by atoms with Crippen LogP contribution >= 0.6 is 0 Å². The zero-order valence-corrected chi connectivity index (χ0v) is 13.7. The third-order valence-corrected chi connectivity index (χ3v) is 4.53. The second-order valence-electron chi connectivity index (χ2n) is 6.06. The molecule has 1 aromatic carbocycles. The number of aromatic nitrogens is 1. The van der Waals surface area contributed by atoms with E-state index in [0.29, 0.717) is 29.4 Å². The first kappa shape index (κ1) is 16.2. The van der Waals surface area contributed by atoms with Crippen molar-refractivity contribution in [2.75, 3.05) is 13.6 Å². The molecule has 7 heteroatoms. The highest BCUT2D eigenvalue weighted by molar-refractivity contribution is 6.07. The van der Waals surface area contributed by atoms with Crippen LogP contribution in [0.2, 0.25) is 0 Å². The summed E-state index contributed by atoms with van der Waals surface area (Å²) >= 11 is 0. The van der Waals surface area contributed by atoms with Gasteiger partial charge in [-0.25, -0.2) is 0 Å². The molecule has 1 fully saturated rings. The summed E-state index contributed by atoms with van der Waals surface area (Å²) in [5.41, 5.74) is 6.66. The molecule has 1 saturated heterocycles. The third kappa shape index (κ3) is 2.56. The quantitative estimate of drug-likeness (QED) is 0.799. The summed E-state index contributed by atoms with van der Waals surface area (Å²) in [6.07, 6.45) is 0.411. The van der Waals surface area contributed by atoms with E-state index in [0.717, 1.165) is 0 Å². The molecular formula is C17H20N4O3. The average Bonchev–Trinajstić information content (AvgIpc) is 2.98. The topological polar surface area (TPSA) is 97.4 Å². The molecule has 0 radical (unpaired) electrons. The van der Waals surface area contributed by atoms with Gasteiger partial charge in [0.2, 0.25) is 5.91 Å². The Morgan fingerprint density at radius 1 is 1.29 bits per heavy atom. The van der Waals surface area contributed by atoms with Gasteiger partial charge in [0, 0.05) is 38.1 Å². The highest BCUT2D eigenvalue weighted by Gasteiger charge is 2.38.